The molecule has 5 nitrogen and oxygen atoms in total. The third-order valence-electron chi connectivity index (χ3n) is 5.94. The van der Waals surface area contributed by atoms with Gasteiger partial charge in [0.1, 0.15) is 11.6 Å². The van der Waals surface area contributed by atoms with Crippen molar-refractivity contribution >= 4 is 22.5 Å². The van der Waals surface area contributed by atoms with Crippen LogP contribution in [0.25, 0.3) is 22.0 Å². The molecule has 2 N–H and O–H groups in total. The highest BCUT2D eigenvalue weighted by Crippen LogP contribution is 2.39. The van der Waals surface area contributed by atoms with Gasteiger partial charge in [-0.1, -0.05) is 35.9 Å². The summed E-state index contributed by atoms with van der Waals surface area (Å²) in [7, 11) is 1.75. The van der Waals surface area contributed by atoms with E-state index in [1.54, 1.807) is 66.6 Å². The number of H-pyrrole nitrogens is 1. The first kappa shape index (κ1) is 22.0. The van der Waals surface area contributed by atoms with Crippen LogP contribution in [0.15, 0.2) is 84.0 Å². The molecule has 0 aliphatic carbocycles. The number of benzene rings is 3. The van der Waals surface area contributed by atoms with Crippen LogP contribution in [-0.4, -0.2) is 19.6 Å². The molecular formula is C26H18ClF2N3O2. The molecule has 170 valence electrons. The topological polar surface area (TPSA) is 70.9 Å². The molecule has 5 rings (SSSR count). The fourth-order valence-electron chi connectivity index (χ4n) is 4.30. The Hall–Kier alpha value is -3.81. The van der Waals surface area contributed by atoms with E-state index in [0.29, 0.717) is 32.7 Å². The number of aromatic amines is 1. The second-order valence-electron chi connectivity index (χ2n) is 8.01. The molecule has 1 atom stereocenters. The van der Waals surface area contributed by atoms with Crippen molar-refractivity contribution in [2.75, 3.05) is 0 Å². The number of hydrogen-bond donors (Lipinski definition) is 2. The lowest BCUT2D eigenvalue weighted by Crippen LogP contribution is -2.31. The van der Waals surface area contributed by atoms with Crippen LogP contribution in [-0.2, 0) is 12.6 Å². The quantitative estimate of drug-likeness (QED) is 0.376. The number of pyridine rings is 1. The fraction of sp³-hybridized carbons (Fsp3) is 0.0769. The van der Waals surface area contributed by atoms with Gasteiger partial charge in [-0.15, -0.1) is 0 Å². The third-order valence-corrected chi connectivity index (χ3v) is 6.19. The molecule has 0 spiro atoms. The lowest BCUT2D eigenvalue weighted by molar-refractivity contribution is 0.117. The van der Waals surface area contributed by atoms with Gasteiger partial charge in [0, 0.05) is 34.6 Å². The first-order valence-corrected chi connectivity index (χ1v) is 10.7. The number of aliphatic hydroxyl groups is 1. The predicted octanol–water partition coefficient (Wildman–Crippen LogP) is 5.14. The molecular weight excluding hydrogens is 460 g/mol. The Morgan fingerprint density at radius 1 is 1.00 bits per heavy atom. The minimum absolute atomic E-state index is 0.0830. The van der Waals surface area contributed by atoms with Crippen molar-refractivity contribution < 1.29 is 13.9 Å². The van der Waals surface area contributed by atoms with Gasteiger partial charge in [-0.3, -0.25) is 4.79 Å². The van der Waals surface area contributed by atoms with E-state index in [2.05, 4.69) is 9.97 Å². The summed E-state index contributed by atoms with van der Waals surface area (Å²) in [4.78, 5) is 19.1. The Kier molecular flexibility index (Phi) is 5.31. The number of imidazole rings is 1. The first-order valence-electron chi connectivity index (χ1n) is 10.4. The normalized spacial score (nSPS) is 13.2. The van der Waals surface area contributed by atoms with Gasteiger partial charge < -0.3 is 14.7 Å². The summed E-state index contributed by atoms with van der Waals surface area (Å²) in [5, 5.41) is 13.0. The molecule has 0 fully saturated rings. The van der Waals surface area contributed by atoms with Gasteiger partial charge in [-0.05, 0) is 47.5 Å². The van der Waals surface area contributed by atoms with Crippen LogP contribution in [0.2, 0.25) is 5.02 Å². The highest BCUT2D eigenvalue weighted by molar-refractivity contribution is 6.30. The van der Waals surface area contributed by atoms with Crippen molar-refractivity contribution in [1.29, 1.82) is 0 Å². The second-order valence-corrected chi connectivity index (χ2v) is 8.45. The lowest BCUT2D eigenvalue weighted by Gasteiger charge is -2.30. The number of fused-ring (bicyclic) bond motifs is 1. The molecule has 5 aromatic rings. The molecule has 0 aliphatic heterocycles. The maximum absolute atomic E-state index is 14.7. The summed E-state index contributed by atoms with van der Waals surface area (Å²) < 4.78 is 31.1. The monoisotopic (exact) mass is 477 g/mol. The van der Waals surface area contributed by atoms with Crippen LogP contribution >= 0.6 is 11.6 Å². The number of nitrogens with one attached hydrogen (secondary N) is 1. The van der Waals surface area contributed by atoms with Crippen LogP contribution in [0.5, 0.6) is 0 Å². The van der Waals surface area contributed by atoms with E-state index < -0.39 is 22.8 Å². The Morgan fingerprint density at radius 2 is 1.68 bits per heavy atom. The van der Waals surface area contributed by atoms with E-state index in [1.165, 1.54) is 6.07 Å². The highest BCUT2D eigenvalue weighted by atomic mass is 35.5. The van der Waals surface area contributed by atoms with Crippen LogP contribution in [0.1, 0.15) is 16.8 Å². The van der Waals surface area contributed by atoms with Gasteiger partial charge in [-0.25, -0.2) is 13.8 Å². The van der Waals surface area contributed by atoms with E-state index in [1.807, 2.05) is 0 Å². The number of aryl methyl sites for hydroxylation is 1. The van der Waals surface area contributed by atoms with E-state index >= 15 is 0 Å². The van der Waals surface area contributed by atoms with E-state index in [-0.39, 0.29) is 11.1 Å². The average Bonchev–Trinajstić information content (AvgIpc) is 3.25. The molecule has 2 aromatic heterocycles. The summed E-state index contributed by atoms with van der Waals surface area (Å²) in [6, 6.07) is 16.3. The maximum atomic E-state index is 14.7. The van der Waals surface area contributed by atoms with Crippen LogP contribution < -0.4 is 5.56 Å². The number of rotatable bonds is 4. The van der Waals surface area contributed by atoms with Crippen molar-refractivity contribution in [2.24, 2.45) is 7.05 Å². The van der Waals surface area contributed by atoms with Crippen LogP contribution in [0.4, 0.5) is 8.78 Å². The first-order chi connectivity index (χ1) is 16.3. The molecule has 8 heteroatoms. The molecule has 0 amide bonds. The molecule has 0 radical (unpaired) electrons. The maximum Gasteiger partial charge on any atom is 0.249 e. The number of aromatic nitrogens is 3. The highest BCUT2D eigenvalue weighted by Gasteiger charge is 2.37. The smallest absolute Gasteiger partial charge is 0.249 e. The Bertz CT molecular complexity index is 1570. The van der Waals surface area contributed by atoms with Gasteiger partial charge in [0.15, 0.2) is 5.60 Å². The molecule has 0 saturated heterocycles. The van der Waals surface area contributed by atoms with Crippen molar-refractivity contribution in [3.63, 3.8) is 0 Å². The molecule has 2 heterocycles. The summed E-state index contributed by atoms with van der Waals surface area (Å²) in [6.45, 7) is 0. The molecule has 3 aromatic carbocycles. The molecule has 0 saturated carbocycles. The average molecular weight is 478 g/mol. The standard InChI is InChI=1S/C26H18ClF2N3O2/c1-32-14-30-13-23(32)26(34,15-5-8-17(27)9-6-15)16-7-10-22-18(11-16)19(12-24(33)31-22)25-20(28)3-2-4-21(25)29/h2-14,34H,1H3,(H,31,33). The largest absolute Gasteiger partial charge is 0.374 e. The molecule has 34 heavy (non-hydrogen) atoms. The van der Waals surface area contributed by atoms with Gasteiger partial charge in [0.25, 0.3) is 0 Å². The zero-order valence-corrected chi connectivity index (χ0v) is 18.6. The summed E-state index contributed by atoms with van der Waals surface area (Å²) >= 11 is 6.07. The third kappa shape index (κ3) is 3.50. The van der Waals surface area contributed by atoms with Crippen molar-refractivity contribution in [3.05, 3.63) is 123 Å². The van der Waals surface area contributed by atoms with Gasteiger partial charge in [-0.2, -0.15) is 0 Å². The zero-order valence-electron chi connectivity index (χ0n) is 17.9. The van der Waals surface area contributed by atoms with Gasteiger partial charge >= 0.3 is 0 Å². The van der Waals surface area contributed by atoms with E-state index in [4.69, 9.17) is 11.6 Å². The molecule has 1 unspecified atom stereocenters. The second kappa shape index (κ2) is 8.20. The number of hydrogen-bond acceptors (Lipinski definition) is 3. The SMILES string of the molecule is Cn1cncc1C(O)(c1ccc(Cl)cc1)c1ccc2[nH]c(=O)cc(-c3c(F)cccc3F)c2c1. The minimum Gasteiger partial charge on any atom is -0.374 e. The minimum atomic E-state index is -1.68. The van der Waals surface area contributed by atoms with Crippen LogP contribution in [0, 0.1) is 11.6 Å². The molecule has 0 bridgehead atoms. The van der Waals surface area contributed by atoms with Crippen molar-refractivity contribution in [2.45, 2.75) is 5.60 Å². The van der Waals surface area contributed by atoms with E-state index in [9.17, 15) is 18.7 Å². The predicted molar refractivity (Wildman–Crippen MR) is 127 cm³/mol. The molecule has 0 aliphatic rings. The summed E-state index contributed by atoms with van der Waals surface area (Å²) in [6.07, 6.45) is 3.11. The lowest BCUT2D eigenvalue weighted by atomic mass is 9.82. The number of nitrogens with zero attached hydrogens (tertiary/aromatic N) is 2. The van der Waals surface area contributed by atoms with Gasteiger partial charge in [0.05, 0.1) is 23.8 Å². The van der Waals surface area contributed by atoms with Crippen molar-refractivity contribution in [1.82, 2.24) is 14.5 Å². The summed E-state index contributed by atoms with van der Waals surface area (Å²) in [5.74, 6) is -1.59. The zero-order chi connectivity index (χ0) is 24.0. The van der Waals surface area contributed by atoms with Crippen LogP contribution in [0.3, 0.4) is 0 Å². The van der Waals surface area contributed by atoms with Crippen molar-refractivity contribution in [3.8, 4) is 11.1 Å². The van der Waals surface area contributed by atoms with E-state index in [0.717, 1.165) is 18.2 Å². The van der Waals surface area contributed by atoms with Gasteiger partial charge in [0.2, 0.25) is 5.56 Å². The Morgan fingerprint density at radius 3 is 2.32 bits per heavy atom. The number of halogens is 3. The Labute approximate surface area is 197 Å². The Balaban J connectivity index is 1.84. The fourth-order valence-corrected chi connectivity index (χ4v) is 4.43. The summed E-state index contributed by atoms with van der Waals surface area (Å²) in [5.41, 5.74) is -0.637.